The lowest BCUT2D eigenvalue weighted by molar-refractivity contribution is -0.137. The maximum absolute atomic E-state index is 13.1. The summed E-state index contributed by atoms with van der Waals surface area (Å²) >= 11 is 0. The molecule has 7 heteroatoms. The zero-order chi connectivity index (χ0) is 16.5. The van der Waals surface area contributed by atoms with Gasteiger partial charge in [-0.3, -0.25) is 0 Å². The molecule has 0 saturated carbocycles. The quantitative estimate of drug-likeness (QED) is 0.905. The fourth-order valence-electron chi connectivity index (χ4n) is 2.15. The molecular formula is C15H9F3O4. The molecule has 2 aromatic carbocycles. The van der Waals surface area contributed by atoms with Gasteiger partial charge in [0.25, 0.3) is 0 Å². The average molecular weight is 310 g/mol. The van der Waals surface area contributed by atoms with Gasteiger partial charge in [0, 0.05) is 0 Å². The molecule has 0 fully saturated rings. The van der Waals surface area contributed by atoms with E-state index in [0.29, 0.717) is 0 Å². The number of hydrogen-bond acceptors (Lipinski definition) is 2. The molecule has 114 valence electrons. The number of carbonyl (C=O) groups is 2. The first-order valence-corrected chi connectivity index (χ1v) is 5.99. The van der Waals surface area contributed by atoms with E-state index in [0.717, 1.165) is 24.3 Å². The van der Waals surface area contributed by atoms with Crippen molar-refractivity contribution in [2.45, 2.75) is 6.18 Å². The maximum atomic E-state index is 13.1. The van der Waals surface area contributed by atoms with E-state index in [-0.39, 0.29) is 11.1 Å². The van der Waals surface area contributed by atoms with Crippen molar-refractivity contribution < 1.29 is 33.0 Å². The van der Waals surface area contributed by atoms with Crippen LogP contribution in [0.1, 0.15) is 26.3 Å². The van der Waals surface area contributed by atoms with Gasteiger partial charge in [-0.05, 0) is 23.3 Å². The second-order valence-corrected chi connectivity index (χ2v) is 4.38. The van der Waals surface area contributed by atoms with E-state index in [2.05, 4.69) is 0 Å². The summed E-state index contributed by atoms with van der Waals surface area (Å²) in [6, 6.07) is 7.81. The van der Waals surface area contributed by atoms with Gasteiger partial charge in [-0.25, -0.2) is 9.59 Å². The maximum Gasteiger partial charge on any atom is 0.417 e. The molecule has 0 aliphatic heterocycles. The molecule has 0 atom stereocenters. The average Bonchev–Trinajstić information content (AvgIpc) is 2.45. The lowest BCUT2D eigenvalue weighted by atomic mass is 9.92. The number of alkyl halides is 3. The number of aromatic carboxylic acids is 2. The fourth-order valence-corrected chi connectivity index (χ4v) is 2.15. The molecule has 2 aromatic rings. The Kier molecular flexibility index (Phi) is 3.90. The highest BCUT2D eigenvalue weighted by molar-refractivity contribution is 6.06. The minimum absolute atomic E-state index is 0.291. The first-order chi connectivity index (χ1) is 10.2. The molecule has 0 aliphatic rings. The van der Waals surface area contributed by atoms with Gasteiger partial charge < -0.3 is 10.2 Å². The van der Waals surface area contributed by atoms with Crippen LogP contribution in [0.4, 0.5) is 13.2 Å². The number of halogens is 3. The molecule has 0 amide bonds. The molecular weight excluding hydrogens is 301 g/mol. The monoisotopic (exact) mass is 310 g/mol. The van der Waals surface area contributed by atoms with Crippen molar-refractivity contribution in [1.29, 1.82) is 0 Å². The Morgan fingerprint density at radius 3 is 1.95 bits per heavy atom. The van der Waals surface area contributed by atoms with Crippen molar-refractivity contribution >= 4 is 11.9 Å². The number of carboxylic acid groups (broad SMARTS) is 2. The largest absolute Gasteiger partial charge is 0.478 e. The first-order valence-electron chi connectivity index (χ1n) is 5.99. The Balaban J connectivity index is 2.83. The van der Waals surface area contributed by atoms with Gasteiger partial charge in [-0.2, -0.15) is 13.2 Å². The van der Waals surface area contributed by atoms with E-state index in [9.17, 15) is 27.9 Å². The predicted molar refractivity (Wildman–Crippen MR) is 70.8 cm³/mol. The van der Waals surface area contributed by atoms with Crippen molar-refractivity contribution in [3.63, 3.8) is 0 Å². The van der Waals surface area contributed by atoms with E-state index < -0.39 is 34.8 Å². The smallest absolute Gasteiger partial charge is 0.417 e. The summed E-state index contributed by atoms with van der Waals surface area (Å²) in [5, 5.41) is 18.2. The van der Waals surface area contributed by atoms with Gasteiger partial charge in [-0.15, -0.1) is 0 Å². The Bertz CT molecular complexity index is 751. The summed E-state index contributed by atoms with van der Waals surface area (Å²) < 4.78 is 39.2. The Hall–Kier alpha value is -2.83. The third kappa shape index (κ3) is 2.78. The minimum atomic E-state index is -4.69. The fraction of sp³-hybridized carbons (Fsp3) is 0.0667. The standard InChI is InChI=1S/C15H9F3O4/c16-15(17,18)11-7-2-1-4-8(11)9-5-3-6-10(13(19)20)12(9)14(21)22/h1-7H,(H,19,20)(H,21,22). The SMILES string of the molecule is O=C(O)c1cccc(-c2ccccc2C(F)(F)F)c1C(=O)O. The highest BCUT2D eigenvalue weighted by Gasteiger charge is 2.34. The third-order valence-corrected chi connectivity index (χ3v) is 3.03. The first kappa shape index (κ1) is 15.6. The molecule has 0 aliphatic carbocycles. The lowest BCUT2D eigenvalue weighted by Gasteiger charge is -2.15. The lowest BCUT2D eigenvalue weighted by Crippen LogP contribution is -2.12. The van der Waals surface area contributed by atoms with Crippen molar-refractivity contribution in [3.05, 3.63) is 59.2 Å². The normalized spacial score (nSPS) is 11.2. The van der Waals surface area contributed by atoms with Crippen LogP contribution in [-0.2, 0) is 6.18 Å². The van der Waals surface area contributed by atoms with Crippen LogP contribution in [0, 0.1) is 0 Å². The van der Waals surface area contributed by atoms with Crippen LogP contribution in [0.5, 0.6) is 0 Å². The van der Waals surface area contributed by atoms with Crippen LogP contribution in [-0.4, -0.2) is 22.2 Å². The summed E-state index contributed by atoms with van der Waals surface area (Å²) in [5.41, 5.74) is -2.94. The van der Waals surface area contributed by atoms with Gasteiger partial charge in [0.05, 0.1) is 16.7 Å². The van der Waals surface area contributed by atoms with E-state index in [4.69, 9.17) is 5.11 Å². The van der Waals surface area contributed by atoms with Crippen molar-refractivity contribution in [3.8, 4) is 11.1 Å². The highest BCUT2D eigenvalue weighted by Crippen LogP contribution is 2.38. The Labute approximate surface area is 122 Å². The summed E-state index contributed by atoms with van der Waals surface area (Å²) in [7, 11) is 0. The van der Waals surface area contributed by atoms with E-state index in [1.165, 1.54) is 18.2 Å². The molecule has 0 spiro atoms. The van der Waals surface area contributed by atoms with Gasteiger partial charge in [-0.1, -0.05) is 30.3 Å². The molecule has 0 saturated heterocycles. The van der Waals surface area contributed by atoms with Crippen LogP contribution >= 0.6 is 0 Å². The number of rotatable bonds is 3. The van der Waals surface area contributed by atoms with Gasteiger partial charge in [0.2, 0.25) is 0 Å². The zero-order valence-corrected chi connectivity index (χ0v) is 10.9. The second-order valence-electron chi connectivity index (χ2n) is 4.38. The van der Waals surface area contributed by atoms with Crippen LogP contribution in [0.15, 0.2) is 42.5 Å². The molecule has 0 aromatic heterocycles. The molecule has 2 N–H and O–H groups in total. The summed E-state index contributed by atoms with van der Waals surface area (Å²) in [5.74, 6) is -3.13. The highest BCUT2D eigenvalue weighted by atomic mass is 19.4. The van der Waals surface area contributed by atoms with Gasteiger partial charge in [0.15, 0.2) is 0 Å². The summed E-state index contributed by atoms with van der Waals surface area (Å²) in [6.45, 7) is 0. The van der Waals surface area contributed by atoms with Crippen LogP contribution < -0.4 is 0 Å². The van der Waals surface area contributed by atoms with Crippen LogP contribution in [0.2, 0.25) is 0 Å². The summed E-state index contributed by atoms with van der Waals surface area (Å²) in [6.07, 6.45) is -4.69. The van der Waals surface area contributed by atoms with Crippen LogP contribution in [0.3, 0.4) is 0 Å². The zero-order valence-electron chi connectivity index (χ0n) is 10.9. The van der Waals surface area contributed by atoms with E-state index >= 15 is 0 Å². The van der Waals surface area contributed by atoms with Crippen molar-refractivity contribution in [2.24, 2.45) is 0 Å². The van der Waals surface area contributed by atoms with Crippen LogP contribution in [0.25, 0.3) is 11.1 Å². The molecule has 0 bridgehead atoms. The third-order valence-electron chi connectivity index (χ3n) is 3.03. The van der Waals surface area contributed by atoms with Gasteiger partial charge in [0.1, 0.15) is 0 Å². The number of benzene rings is 2. The molecule has 0 heterocycles. The summed E-state index contributed by atoms with van der Waals surface area (Å²) in [4.78, 5) is 22.4. The predicted octanol–water partition coefficient (Wildman–Crippen LogP) is 3.77. The molecule has 22 heavy (non-hydrogen) atoms. The minimum Gasteiger partial charge on any atom is -0.478 e. The van der Waals surface area contributed by atoms with Gasteiger partial charge >= 0.3 is 18.1 Å². The Morgan fingerprint density at radius 1 is 0.818 bits per heavy atom. The molecule has 2 rings (SSSR count). The van der Waals surface area contributed by atoms with E-state index in [1.807, 2.05) is 0 Å². The van der Waals surface area contributed by atoms with E-state index in [1.54, 1.807) is 0 Å². The topological polar surface area (TPSA) is 74.6 Å². The molecule has 4 nitrogen and oxygen atoms in total. The van der Waals surface area contributed by atoms with Crippen molar-refractivity contribution in [1.82, 2.24) is 0 Å². The molecule has 0 unspecified atom stereocenters. The molecule has 0 radical (unpaired) electrons. The Morgan fingerprint density at radius 2 is 1.41 bits per heavy atom. The van der Waals surface area contributed by atoms with Crippen molar-refractivity contribution in [2.75, 3.05) is 0 Å². The second kappa shape index (κ2) is 5.51. The number of hydrogen-bond donors (Lipinski definition) is 2. The number of carboxylic acids is 2.